The topological polar surface area (TPSA) is 78.4 Å². The summed E-state index contributed by atoms with van der Waals surface area (Å²) in [5.74, 6) is -0.774. The lowest BCUT2D eigenvalue weighted by Gasteiger charge is -2.27. The number of amides is 1. The molecule has 2 fully saturated rings. The molecule has 3 N–H and O–H groups in total. The maximum Gasteiger partial charge on any atom is 0.306 e. The first-order valence-electron chi connectivity index (χ1n) is 8.40. The highest BCUT2D eigenvalue weighted by Crippen LogP contribution is 2.24. The largest absolute Gasteiger partial charge is 0.481 e. The predicted octanol–water partition coefficient (Wildman–Crippen LogP) is 2.06. The zero-order chi connectivity index (χ0) is 15.1. The Bertz CT molecular complexity index is 353. The van der Waals surface area contributed by atoms with Crippen LogP contribution in [0.5, 0.6) is 0 Å². The number of carboxylic acids is 1. The smallest absolute Gasteiger partial charge is 0.306 e. The Labute approximate surface area is 126 Å². The molecule has 2 rings (SSSR count). The van der Waals surface area contributed by atoms with Crippen LogP contribution in [0.25, 0.3) is 0 Å². The standard InChI is InChI=1S/C16H28N2O3/c19-15(18-13-6-2-1-3-7-13)9-10-17-14-8-4-5-12(11-14)16(20)21/h12-14,17H,1-11H2,(H,18,19)(H,20,21). The van der Waals surface area contributed by atoms with Crippen molar-refractivity contribution in [1.29, 1.82) is 0 Å². The summed E-state index contributed by atoms with van der Waals surface area (Å²) in [6.07, 6.45) is 9.92. The summed E-state index contributed by atoms with van der Waals surface area (Å²) in [4.78, 5) is 22.9. The molecule has 5 heteroatoms. The van der Waals surface area contributed by atoms with Crippen molar-refractivity contribution in [3.63, 3.8) is 0 Å². The van der Waals surface area contributed by atoms with Gasteiger partial charge in [-0.15, -0.1) is 0 Å². The maximum atomic E-state index is 11.9. The summed E-state index contributed by atoms with van der Waals surface area (Å²) in [5.41, 5.74) is 0. The molecule has 0 heterocycles. The molecular weight excluding hydrogens is 268 g/mol. The summed E-state index contributed by atoms with van der Waals surface area (Å²) in [6.45, 7) is 0.648. The van der Waals surface area contributed by atoms with Crippen molar-refractivity contribution in [2.24, 2.45) is 5.92 Å². The molecule has 2 aliphatic rings. The third kappa shape index (κ3) is 5.65. The highest BCUT2D eigenvalue weighted by atomic mass is 16.4. The lowest BCUT2D eigenvalue weighted by Crippen LogP contribution is -2.40. The monoisotopic (exact) mass is 296 g/mol. The van der Waals surface area contributed by atoms with Crippen LogP contribution in [0.4, 0.5) is 0 Å². The summed E-state index contributed by atoms with van der Waals surface area (Å²) in [7, 11) is 0. The van der Waals surface area contributed by atoms with Crippen LogP contribution in [0.2, 0.25) is 0 Å². The van der Waals surface area contributed by atoms with Crippen molar-refractivity contribution in [2.45, 2.75) is 76.3 Å². The van der Waals surface area contributed by atoms with E-state index in [1.54, 1.807) is 0 Å². The molecule has 0 saturated heterocycles. The summed E-state index contributed by atoms with van der Waals surface area (Å²) < 4.78 is 0. The van der Waals surface area contributed by atoms with Crippen LogP contribution in [0, 0.1) is 5.92 Å². The van der Waals surface area contributed by atoms with E-state index in [1.165, 1.54) is 19.3 Å². The van der Waals surface area contributed by atoms with Crippen LogP contribution in [0.15, 0.2) is 0 Å². The van der Waals surface area contributed by atoms with Crippen molar-refractivity contribution in [1.82, 2.24) is 10.6 Å². The quantitative estimate of drug-likeness (QED) is 0.701. The zero-order valence-corrected chi connectivity index (χ0v) is 12.8. The van der Waals surface area contributed by atoms with Gasteiger partial charge in [0.25, 0.3) is 0 Å². The average molecular weight is 296 g/mol. The number of rotatable bonds is 6. The molecule has 0 radical (unpaired) electrons. The molecule has 120 valence electrons. The van der Waals surface area contributed by atoms with Gasteiger partial charge in [-0.25, -0.2) is 0 Å². The van der Waals surface area contributed by atoms with Crippen molar-refractivity contribution in [3.05, 3.63) is 0 Å². The third-order valence-corrected chi connectivity index (χ3v) is 4.78. The maximum absolute atomic E-state index is 11.9. The molecule has 0 aromatic heterocycles. The molecule has 21 heavy (non-hydrogen) atoms. The van der Waals surface area contributed by atoms with Gasteiger partial charge in [-0.3, -0.25) is 9.59 Å². The first-order chi connectivity index (χ1) is 10.1. The van der Waals surface area contributed by atoms with E-state index in [2.05, 4.69) is 10.6 Å². The van der Waals surface area contributed by atoms with E-state index < -0.39 is 5.97 Å². The van der Waals surface area contributed by atoms with Gasteiger partial charge in [-0.1, -0.05) is 25.7 Å². The molecule has 0 aromatic rings. The second-order valence-corrected chi connectivity index (χ2v) is 6.51. The van der Waals surface area contributed by atoms with E-state index in [0.29, 0.717) is 25.4 Å². The summed E-state index contributed by atoms with van der Waals surface area (Å²) >= 11 is 0. The van der Waals surface area contributed by atoms with Gasteiger partial charge in [-0.05, 0) is 32.1 Å². The van der Waals surface area contributed by atoms with E-state index in [-0.39, 0.29) is 17.9 Å². The lowest BCUT2D eigenvalue weighted by atomic mass is 9.86. The molecule has 1 amide bonds. The Kier molecular flexibility index (Phi) is 6.49. The SMILES string of the molecule is O=C(CCNC1CCCC(C(=O)O)C1)NC1CCCCC1. The number of carbonyl (C=O) groups excluding carboxylic acids is 1. The van der Waals surface area contributed by atoms with Crippen LogP contribution < -0.4 is 10.6 Å². The van der Waals surface area contributed by atoms with E-state index in [1.807, 2.05) is 0 Å². The van der Waals surface area contributed by atoms with Crippen molar-refractivity contribution < 1.29 is 14.7 Å². The summed E-state index contributed by atoms with van der Waals surface area (Å²) in [6, 6.07) is 0.625. The molecule has 2 aliphatic carbocycles. The molecule has 0 spiro atoms. The fraction of sp³-hybridized carbons (Fsp3) is 0.875. The minimum atomic E-state index is -0.684. The zero-order valence-electron chi connectivity index (χ0n) is 12.8. The number of carbonyl (C=O) groups is 2. The number of hydrogen-bond donors (Lipinski definition) is 3. The Hall–Kier alpha value is -1.10. The normalized spacial score (nSPS) is 27.2. The molecule has 5 nitrogen and oxygen atoms in total. The van der Waals surface area contributed by atoms with Gasteiger partial charge in [0.1, 0.15) is 0 Å². The molecule has 2 unspecified atom stereocenters. The van der Waals surface area contributed by atoms with E-state index in [9.17, 15) is 9.59 Å². The molecule has 0 bridgehead atoms. The molecular formula is C16H28N2O3. The van der Waals surface area contributed by atoms with Crippen LogP contribution >= 0.6 is 0 Å². The minimum Gasteiger partial charge on any atom is -0.481 e. The summed E-state index contributed by atoms with van der Waals surface area (Å²) in [5, 5.41) is 15.5. The molecule has 0 aromatic carbocycles. The number of aliphatic carboxylic acids is 1. The first-order valence-corrected chi connectivity index (χ1v) is 8.40. The Morgan fingerprint density at radius 3 is 2.38 bits per heavy atom. The second kappa shape index (κ2) is 8.37. The Balaban J connectivity index is 1.59. The number of hydrogen-bond acceptors (Lipinski definition) is 3. The van der Waals surface area contributed by atoms with E-state index in [0.717, 1.165) is 32.1 Å². The number of nitrogens with one attached hydrogen (secondary N) is 2. The van der Waals surface area contributed by atoms with Crippen molar-refractivity contribution in [3.8, 4) is 0 Å². The van der Waals surface area contributed by atoms with Gasteiger partial charge in [0.2, 0.25) is 5.91 Å². The molecule has 0 aliphatic heterocycles. The fourth-order valence-electron chi connectivity index (χ4n) is 3.54. The Morgan fingerprint density at radius 2 is 1.67 bits per heavy atom. The highest BCUT2D eigenvalue weighted by molar-refractivity contribution is 5.76. The predicted molar refractivity (Wildman–Crippen MR) is 81.0 cm³/mol. The second-order valence-electron chi connectivity index (χ2n) is 6.51. The van der Waals surface area contributed by atoms with Gasteiger partial charge >= 0.3 is 5.97 Å². The highest BCUT2D eigenvalue weighted by Gasteiger charge is 2.26. The van der Waals surface area contributed by atoms with Crippen molar-refractivity contribution in [2.75, 3.05) is 6.54 Å². The van der Waals surface area contributed by atoms with Crippen LogP contribution in [-0.4, -0.2) is 35.6 Å². The van der Waals surface area contributed by atoms with Crippen LogP contribution in [0.1, 0.15) is 64.2 Å². The van der Waals surface area contributed by atoms with Gasteiger partial charge in [0.05, 0.1) is 5.92 Å². The van der Waals surface area contributed by atoms with Crippen LogP contribution in [0.3, 0.4) is 0 Å². The third-order valence-electron chi connectivity index (χ3n) is 4.78. The van der Waals surface area contributed by atoms with Gasteiger partial charge in [0.15, 0.2) is 0 Å². The average Bonchev–Trinajstić information content (AvgIpc) is 2.48. The van der Waals surface area contributed by atoms with Gasteiger partial charge in [0, 0.05) is 25.0 Å². The fourth-order valence-corrected chi connectivity index (χ4v) is 3.54. The van der Waals surface area contributed by atoms with E-state index in [4.69, 9.17) is 5.11 Å². The lowest BCUT2D eigenvalue weighted by molar-refractivity contribution is -0.143. The van der Waals surface area contributed by atoms with E-state index >= 15 is 0 Å². The van der Waals surface area contributed by atoms with Crippen LogP contribution in [-0.2, 0) is 9.59 Å². The first kappa shape index (κ1) is 16.3. The molecule has 2 saturated carbocycles. The number of carboxylic acid groups (broad SMARTS) is 1. The minimum absolute atomic E-state index is 0.125. The Morgan fingerprint density at radius 1 is 0.952 bits per heavy atom. The molecule has 2 atom stereocenters. The van der Waals surface area contributed by atoms with Gasteiger partial charge in [-0.2, -0.15) is 0 Å². The van der Waals surface area contributed by atoms with Gasteiger partial charge < -0.3 is 15.7 Å². The van der Waals surface area contributed by atoms with Crippen molar-refractivity contribution >= 4 is 11.9 Å².